The van der Waals surface area contributed by atoms with E-state index in [1.54, 1.807) is 10.4 Å². The number of anilines is 6. The molecular weight excluding hydrogens is 619 g/mol. The third-order valence-corrected chi connectivity index (χ3v) is 15.2. The lowest BCUT2D eigenvalue weighted by atomic mass is 9.33. The summed E-state index contributed by atoms with van der Waals surface area (Å²) in [6.45, 7) is 19.0. The van der Waals surface area contributed by atoms with Gasteiger partial charge in [-0.15, -0.1) is 0 Å². The highest BCUT2D eigenvalue weighted by Gasteiger charge is 2.51. The summed E-state index contributed by atoms with van der Waals surface area (Å²) in [6, 6.07) is 48.8. The molecule has 0 radical (unpaired) electrons. The van der Waals surface area contributed by atoms with E-state index in [2.05, 4.69) is 192 Å². The van der Waals surface area contributed by atoms with Gasteiger partial charge in [0.05, 0.1) is 0 Å². The summed E-state index contributed by atoms with van der Waals surface area (Å²) < 4.78 is 0. The molecule has 0 atom stereocenters. The predicted octanol–water partition coefficient (Wildman–Crippen LogP) is 9.17. The van der Waals surface area contributed by atoms with Gasteiger partial charge in [-0.1, -0.05) is 144 Å². The Bertz CT molecular complexity index is 2310. The van der Waals surface area contributed by atoms with Crippen molar-refractivity contribution in [3.63, 3.8) is 0 Å². The molecule has 0 saturated carbocycles. The lowest BCUT2D eigenvalue weighted by Crippen LogP contribution is -2.79. The first kappa shape index (κ1) is 31.2. The zero-order valence-corrected chi connectivity index (χ0v) is 31.6. The number of hydrogen-bond donors (Lipinski definition) is 0. The van der Waals surface area contributed by atoms with Gasteiger partial charge in [0, 0.05) is 34.1 Å². The normalized spacial score (nSPS) is 15.2. The van der Waals surface area contributed by atoms with E-state index in [4.69, 9.17) is 0 Å². The van der Waals surface area contributed by atoms with Crippen LogP contribution in [0.15, 0.2) is 127 Å². The lowest BCUT2D eigenvalue weighted by molar-refractivity contribution is 0.590. The van der Waals surface area contributed by atoms with Crippen molar-refractivity contribution in [2.45, 2.75) is 65.5 Å². The van der Waals surface area contributed by atoms with E-state index in [1.165, 1.54) is 72.8 Å². The second-order valence-corrected chi connectivity index (χ2v) is 21.4. The third kappa shape index (κ3) is 4.47. The fourth-order valence-corrected chi connectivity index (χ4v) is 12.1. The Hall–Kier alpha value is -4.80. The van der Waals surface area contributed by atoms with Crippen LogP contribution < -0.4 is 36.6 Å². The standard InChI is InChI=1S/C46H45BN2Si/c1-45(2,3)32-22-18-30(19-23-32)31-20-26-34(27-21-31)48-36-12-9-13-37-42(36)47-43-38(48)14-10-16-40(43)50(7,8)41-17-11-15-39(44(41)47)49(37)35-28-24-33(25-29-35)46(4,5)6/h9-29H,1-8H3. The number of benzene rings is 6. The van der Waals surface area contributed by atoms with Crippen molar-refractivity contribution in [3.8, 4) is 11.1 Å². The third-order valence-electron chi connectivity index (χ3n) is 11.6. The van der Waals surface area contributed by atoms with Gasteiger partial charge in [-0.25, -0.2) is 0 Å². The summed E-state index contributed by atoms with van der Waals surface area (Å²) in [4.78, 5) is 5.09. The van der Waals surface area contributed by atoms with Gasteiger partial charge >= 0.3 is 0 Å². The molecular formula is C46H45BN2Si. The topological polar surface area (TPSA) is 6.48 Å². The Morgan fingerprint density at radius 2 is 0.760 bits per heavy atom. The minimum Gasteiger partial charge on any atom is -0.311 e. The Morgan fingerprint density at radius 3 is 1.18 bits per heavy atom. The molecule has 0 spiro atoms. The molecule has 9 rings (SSSR count). The smallest absolute Gasteiger partial charge is 0.251 e. The van der Waals surface area contributed by atoms with Crippen LogP contribution in [0.4, 0.5) is 34.1 Å². The molecule has 3 heterocycles. The highest BCUT2D eigenvalue weighted by Crippen LogP contribution is 2.45. The minimum atomic E-state index is -2.03. The average molecular weight is 665 g/mol. The van der Waals surface area contributed by atoms with Gasteiger partial charge < -0.3 is 9.80 Å². The van der Waals surface area contributed by atoms with E-state index in [9.17, 15) is 0 Å². The molecule has 2 nitrogen and oxygen atoms in total. The molecule has 0 unspecified atom stereocenters. The molecule has 0 bridgehead atoms. The quantitative estimate of drug-likeness (QED) is 0.174. The van der Waals surface area contributed by atoms with Gasteiger partial charge in [0.1, 0.15) is 8.07 Å². The second kappa shape index (κ2) is 10.6. The second-order valence-electron chi connectivity index (χ2n) is 17.1. The van der Waals surface area contributed by atoms with E-state index in [1.807, 2.05) is 0 Å². The largest absolute Gasteiger partial charge is 0.311 e. The molecule has 246 valence electrons. The zero-order chi connectivity index (χ0) is 34.7. The maximum absolute atomic E-state index is 2.55. The van der Waals surface area contributed by atoms with Gasteiger partial charge in [0.15, 0.2) is 0 Å². The molecule has 0 amide bonds. The van der Waals surface area contributed by atoms with Crippen molar-refractivity contribution in [2.24, 2.45) is 0 Å². The van der Waals surface area contributed by atoms with Gasteiger partial charge in [-0.05, 0) is 98.0 Å². The van der Waals surface area contributed by atoms with Crippen LogP contribution in [0.1, 0.15) is 52.7 Å². The number of nitrogens with zero attached hydrogens (tertiary/aromatic N) is 2. The first-order valence-corrected chi connectivity index (χ1v) is 21.2. The molecule has 3 aliphatic rings. The Morgan fingerprint density at radius 1 is 0.420 bits per heavy atom. The monoisotopic (exact) mass is 664 g/mol. The van der Waals surface area contributed by atoms with Gasteiger partial charge in [0.2, 0.25) is 0 Å². The van der Waals surface area contributed by atoms with E-state index < -0.39 is 8.07 Å². The Kier molecular flexibility index (Phi) is 6.62. The highest BCUT2D eigenvalue weighted by molar-refractivity contribution is 7.16. The predicted molar refractivity (Wildman–Crippen MR) is 220 cm³/mol. The molecule has 0 aromatic heterocycles. The molecule has 4 heteroatoms. The summed E-state index contributed by atoms with van der Waals surface area (Å²) in [6.07, 6.45) is 0. The average Bonchev–Trinajstić information content (AvgIpc) is 3.10. The van der Waals surface area contributed by atoms with Gasteiger partial charge in [0.25, 0.3) is 6.71 Å². The lowest BCUT2D eigenvalue weighted by Gasteiger charge is -2.49. The van der Waals surface area contributed by atoms with Gasteiger partial charge in [-0.2, -0.15) is 0 Å². The van der Waals surface area contributed by atoms with Crippen molar-refractivity contribution in [1.29, 1.82) is 0 Å². The van der Waals surface area contributed by atoms with Crippen molar-refractivity contribution in [2.75, 3.05) is 9.80 Å². The van der Waals surface area contributed by atoms with Crippen LogP contribution in [-0.2, 0) is 10.8 Å². The van der Waals surface area contributed by atoms with Crippen LogP contribution in [0.2, 0.25) is 13.1 Å². The minimum absolute atomic E-state index is 0.102. The van der Waals surface area contributed by atoms with Crippen LogP contribution >= 0.6 is 0 Å². The highest BCUT2D eigenvalue weighted by atomic mass is 28.3. The van der Waals surface area contributed by atoms with E-state index in [0.717, 1.165) is 0 Å². The molecule has 0 aliphatic carbocycles. The molecule has 50 heavy (non-hydrogen) atoms. The number of rotatable bonds is 3. The fourth-order valence-electron chi connectivity index (χ4n) is 8.89. The molecule has 0 fully saturated rings. The van der Waals surface area contributed by atoms with Crippen molar-refractivity contribution in [1.82, 2.24) is 0 Å². The van der Waals surface area contributed by atoms with Crippen LogP contribution in [0.5, 0.6) is 0 Å². The van der Waals surface area contributed by atoms with Crippen LogP contribution in [0.25, 0.3) is 11.1 Å². The van der Waals surface area contributed by atoms with Crippen molar-refractivity contribution in [3.05, 3.63) is 139 Å². The van der Waals surface area contributed by atoms with E-state index in [-0.39, 0.29) is 17.5 Å². The van der Waals surface area contributed by atoms with Crippen LogP contribution in [-0.4, -0.2) is 14.8 Å². The summed E-state index contributed by atoms with van der Waals surface area (Å²) in [5.41, 5.74) is 17.5. The summed E-state index contributed by atoms with van der Waals surface area (Å²) in [5, 5.41) is 3.13. The molecule has 6 aromatic carbocycles. The van der Waals surface area contributed by atoms with Gasteiger partial charge in [-0.3, -0.25) is 0 Å². The van der Waals surface area contributed by atoms with Crippen LogP contribution in [0.3, 0.4) is 0 Å². The van der Waals surface area contributed by atoms with Crippen molar-refractivity contribution < 1.29 is 0 Å². The summed E-state index contributed by atoms with van der Waals surface area (Å²) >= 11 is 0. The maximum atomic E-state index is 2.55. The number of hydrogen-bond acceptors (Lipinski definition) is 2. The summed E-state index contributed by atoms with van der Waals surface area (Å²) in [5.74, 6) is 0. The molecule has 6 aromatic rings. The SMILES string of the molecule is CC(C)(C)c1ccc(-c2ccc(N3c4cccc5c4B4c6c3cccc6[Si](C)(C)c3cccc(c34)N5c3ccc(C(C)(C)C)cc3)cc2)cc1. The first-order valence-electron chi connectivity index (χ1n) is 18.2. The van der Waals surface area contributed by atoms with E-state index in [0.29, 0.717) is 0 Å². The maximum Gasteiger partial charge on any atom is 0.251 e. The summed E-state index contributed by atoms with van der Waals surface area (Å²) in [7, 11) is -2.03. The van der Waals surface area contributed by atoms with Crippen molar-refractivity contribution >= 4 is 75.7 Å². The first-order chi connectivity index (χ1) is 23.8. The Balaban J connectivity index is 1.25. The van der Waals surface area contributed by atoms with E-state index >= 15 is 0 Å². The molecule has 0 saturated heterocycles. The zero-order valence-electron chi connectivity index (χ0n) is 30.6. The molecule has 3 aliphatic heterocycles. The fraction of sp³-hybridized carbons (Fsp3) is 0.217. The Labute approximate surface area is 299 Å². The van der Waals surface area contributed by atoms with Crippen LogP contribution in [0, 0.1) is 0 Å². The molecule has 0 N–H and O–H groups in total.